The number of aromatic nitrogens is 4. The van der Waals surface area contributed by atoms with Gasteiger partial charge in [-0.25, -0.2) is 9.13 Å². The van der Waals surface area contributed by atoms with Crippen LogP contribution in [0.4, 0.5) is 8.78 Å². The third-order valence-corrected chi connectivity index (χ3v) is 13.2. The van der Waals surface area contributed by atoms with E-state index in [9.17, 15) is 28.7 Å². The van der Waals surface area contributed by atoms with Crippen LogP contribution in [-0.4, -0.2) is 31.9 Å². The van der Waals surface area contributed by atoms with Gasteiger partial charge < -0.3 is 19.6 Å². The highest BCUT2D eigenvalue weighted by Crippen LogP contribution is 2.56. The number of rotatable bonds is 12. The van der Waals surface area contributed by atoms with E-state index in [-0.39, 0.29) is 25.4 Å². The summed E-state index contributed by atoms with van der Waals surface area (Å²) in [6.07, 6.45) is 13.7. The molecule has 0 saturated heterocycles. The van der Waals surface area contributed by atoms with Crippen LogP contribution in [0.5, 0.6) is 0 Å². The summed E-state index contributed by atoms with van der Waals surface area (Å²) >= 11 is 0. The zero-order chi connectivity index (χ0) is 43.9. The van der Waals surface area contributed by atoms with Gasteiger partial charge in [-0.15, -0.1) is 0 Å². The molecule has 8 aromatic rings. The van der Waals surface area contributed by atoms with Gasteiger partial charge in [-0.05, 0) is 67.8 Å². The number of benzene rings is 4. The fraction of sp³-hybridized carbons (Fsp3) is 0.102. The van der Waals surface area contributed by atoms with Crippen LogP contribution in [0.1, 0.15) is 22.3 Å². The Labute approximate surface area is 362 Å². The topological polar surface area (TPSA) is 131 Å². The van der Waals surface area contributed by atoms with Gasteiger partial charge in [0, 0.05) is 60.7 Å². The lowest BCUT2D eigenvalue weighted by Gasteiger charge is -2.33. The van der Waals surface area contributed by atoms with Crippen molar-refractivity contribution >= 4 is 15.2 Å². The lowest BCUT2D eigenvalue weighted by molar-refractivity contribution is -0.692. The molecule has 0 aliphatic heterocycles. The molecule has 0 amide bonds. The zero-order valence-electron chi connectivity index (χ0n) is 33.7. The molecule has 0 spiro atoms. The van der Waals surface area contributed by atoms with Gasteiger partial charge in [0.15, 0.2) is 74.3 Å². The molecule has 9 rings (SSSR count). The Morgan fingerprint density at radius 1 is 0.444 bits per heavy atom. The second-order valence-corrected chi connectivity index (χ2v) is 19.1. The summed E-state index contributed by atoms with van der Waals surface area (Å²) in [5.74, 6) is -0.918. The molecule has 1 aliphatic rings. The summed E-state index contributed by atoms with van der Waals surface area (Å²) in [6, 6.07) is 41.4. The van der Waals surface area contributed by atoms with Gasteiger partial charge in [-0.2, -0.15) is 17.9 Å². The maximum Gasteiger partial charge on any atom is 0.331 e. The number of fused-ring (bicyclic) bond motifs is 3. The Morgan fingerprint density at radius 2 is 0.778 bits per heavy atom. The molecule has 14 heteroatoms. The molecular formula is C49H42F2N4O6P2+4. The fourth-order valence-corrected chi connectivity index (χ4v) is 9.55. The van der Waals surface area contributed by atoms with Crippen molar-refractivity contribution in [2.45, 2.75) is 18.5 Å². The smallest absolute Gasteiger partial charge is 0.324 e. The lowest BCUT2D eigenvalue weighted by Crippen LogP contribution is -2.34. The molecule has 4 aromatic heterocycles. The van der Waals surface area contributed by atoms with Crippen molar-refractivity contribution in [3.8, 4) is 44.8 Å². The number of hydrogen-bond donors (Lipinski definition) is 4. The normalized spacial score (nSPS) is 13.1. The SMILES string of the molecule is O=P(O)(O)CC[n+]1ccc(-c2cc[n+](-c3ccc(C4(c5ccc(-[n+]6ccc(-c7cc[n+](CCP(=O)(O)O)cc7)cc6)c(F)c5)c5ccccc5-c5ccccc54)cc3F)cc2)cc1. The molecule has 0 unspecified atom stereocenters. The molecular weight excluding hydrogens is 841 g/mol. The van der Waals surface area contributed by atoms with Crippen molar-refractivity contribution in [3.05, 3.63) is 217 Å². The van der Waals surface area contributed by atoms with Crippen molar-refractivity contribution in [2.75, 3.05) is 12.3 Å². The Bertz CT molecular complexity index is 2880. The fourth-order valence-electron chi connectivity index (χ4n) is 8.57. The summed E-state index contributed by atoms with van der Waals surface area (Å²) in [4.78, 5) is 36.9. The van der Waals surface area contributed by atoms with Crippen LogP contribution >= 0.6 is 15.2 Å². The molecule has 63 heavy (non-hydrogen) atoms. The molecule has 0 radical (unpaired) electrons. The van der Waals surface area contributed by atoms with Crippen LogP contribution in [-0.2, 0) is 27.6 Å². The average Bonchev–Trinajstić information content (AvgIpc) is 3.59. The van der Waals surface area contributed by atoms with Crippen molar-refractivity contribution in [1.29, 1.82) is 0 Å². The largest absolute Gasteiger partial charge is 0.331 e. The van der Waals surface area contributed by atoms with Crippen molar-refractivity contribution < 1.29 is 55.8 Å². The Morgan fingerprint density at radius 3 is 1.11 bits per heavy atom. The Balaban J connectivity index is 1.04. The number of aryl methyl sites for hydroxylation is 2. The minimum absolute atomic E-state index is 0.189. The van der Waals surface area contributed by atoms with Crippen LogP contribution in [0.15, 0.2) is 183 Å². The molecule has 0 saturated carbocycles. The second kappa shape index (κ2) is 16.7. The quantitative estimate of drug-likeness (QED) is 0.0763. The zero-order valence-corrected chi connectivity index (χ0v) is 35.5. The van der Waals surface area contributed by atoms with E-state index in [0.29, 0.717) is 22.5 Å². The maximum absolute atomic E-state index is 16.7. The van der Waals surface area contributed by atoms with Gasteiger partial charge in [0.05, 0.1) is 5.41 Å². The molecule has 10 nitrogen and oxygen atoms in total. The molecule has 0 bridgehead atoms. The Hall–Kier alpha value is -6.36. The third kappa shape index (κ3) is 8.45. The first-order chi connectivity index (χ1) is 30.3. The summed E-state index contributed by atoms with van der Waals surface area (Å²) in [6.45, 7) is 0.379. The molecule has 4 N–H and O–H groups in total. The minimum atomic E-state index is -4.11. The molecule has 0 atom stereocenters. The van der Waals surface area contributed by atoms with Crippen molar-refractivity contribution in [3.63, 3.8) is 0 Å². The second-order valence-electron chi connectivity index (χ2n) is 15.6. The third-order valence-electron chi connectivity index (χ3n) is 11.7. The molecule has 0 fully saturated rings. The van der Waals surface area contributed by atoms with Crippen molar-refractivity contribution in [1.82, 2.24) is 0 Å². The number of nitrogens with zero attached hydrogens (tertiary/aromatic N) is 4. The van der Waals surface area contributed by atoms with E-state index < -0.39 is 32.2 Å². The molecule has 4 heterocycles. The summed E-state index contributed by atoms with van der Waals surface area (Å²) in [7, 11) is -8.22. The van der Waals surface area contributed by atoms with E-state index in [1.54, 1.807) is 92.1 Å². The number of pyridine rings is 4. The van der Waals surface area contributed by atoms with Crippen LogP contribution < -0.4 is 18.3 Å². The highest BCUT2D eigenvalue weighted by molar-refractivity contribution is 7.51. The predicted octanol–water partition coefficient (Wildman–Crippen LogP) is 7.15. The van der Waals surface area contributed by atoms with E-state index >= 15 is 8.78 Å². The Kier molecular flexibility index (Phi) is 11.1. The lowest BCUT2D eigenvalue weighted by atomic mass is 9.67. The van der Waals surface area contributed by atoms with Crippen LogP contribution in [0.3, 0.4) is 0 Å². The molecule has 314 valence electrons. The standard InChI is InChI=1S/C49H38F2N4O6P2/c50-45-33-39(9-11-47(45)54-25-17-37(18-26-54)35-13-21-52(22-14-35)29-31-62(56,57)58)49(43-7-3-1-5-41(43)42-6-2-4-8-44(42)49)40-10-12-48(46(51)34-40)55-27-19-38(20-28-55)36-15-23-53(24-16-36)30-32-63(59,60)61/h1-28,33-34H,29-32H2/p+4. The summed E-state index contributed by atoms with van der Waals surface area (Å²) in [5.41, 5.74) is 8.24. The van der Waals surface area contributed by atoms with E-state index in [1.807, 2.05) is 109 Å². The van der Waals surface area contributed by atoms with Gasteiger partial charge in [0.2, 0.25) is 11.4 Å². The summed E-state index contributed by atoms with van der Waals surface area (Å²) < 4.78 is 62.8. The van der Waals surface area contributed by atoms with E-state index in [4.69, 9.17) is 0 Å². The molecule has 4 aromatic carbocycles. The first kappa shape index (κ1) is 42.0. The average molecular weight is 883 g/mol. The minimum Gasteiger partial charge on any atom is -0.324 e. The number of halogens is 2. The van der Waals surface area contributed by atoms with Gasteiger partial charge in [-0.1, -0.05) is 60.7 Å². The monoisotopic (exact) mass is 882 g/mol. The van der Waals surface area contributed by atoms with Gasteiger partial charge in [-0.3, -0.25) is 9.13 Å². The predicted molar refractivity (Wildman–Crippen MR) is 232 cm³/mol. The number of hydrogen-bond acceptors (Lipinski definition) is 2. The first-order valence-corrected chi connectivity index (χ1v) is 23.8. The first-order valence-electron chi connectivity index (χ1n) is 20.2. The van der Waals surface area contributed by atoms with Gasteiger partial charge in [0.1, 0.15) is 12.3 Å². The van der Waals surface area contributed by atoms with Gasteiger partial charge >= 0.3 is 15.2 Å². The van der Waals surface area contributed by atoms with Crippen LogP contribution in [0.2, 0.25) is 0 Å². The van der Waals surface area contributed by atoms with Crippen LogP contribution in [0.25, 0.3) is 44.8 Å². The highest BCUT2D eigenvalue weighted by atomic mass is 31.2. The van der Waals surface area contributed by atoms with E-state index in [2.05, 4.69) is 0 Å². The molecule has 1 aliphatic carbocycles. The van der Waals surface area contributed by atoms with Crippen LogP contribution in [0, 0.1) is 11.6 Å². The van der Waals surface area contributed by atoms with E-state index in [1.165, 1.54) is 0 Å². The highest BCUT2D eigenvalue weighted by Gasteiger charge is 2.47. The van der Waals surface area contributed by atoms with Gasteiger partial charge in [0.25, 0.3) is 0 Å². The van der Waals surface area contributed by atoms with E-state index in [0.717, 1.165) is 44.5 Å². The summed E-state index contributed by atoms with van der Waals surface area (Å²) in [5, 5.41) is 0. The van der Waals surface area contributed by atoms with Crippen molar-refractivity contribution in [2.24, 2.45) is 0 Å². The maximum atomic E-state index is 16.7.